The molecule has 1 aromatic carbocycles. The Labute approximate surface area is 287 Å². The summed E-state index contributed by atoms with van der Waals surface area (Å²) in [6.45, 7) is 4.54. The Bertz CT molecular complexity index is 1680. The van der Waals surface area contributed by atoms with Gasteiger partial charge in [-0.05, 0) is 56.2 Å². The average Bonchev–Trinajstić information content (AvgIpc) is 3.70. The molecular weight excluding hydrogens is 656 g/mol. The fourth-order valence-electron chi connectivity index (χ4n) is 6.80. The summed E-state index contributed by atoms with van der Waals surface area (Å²) in [4.78, 5) is 49.6. The first-order valence-electron chi connectivity index (χ1n) is 16.4. The van der Waals surface area contributed by atoms with Gasteiger partial charge >= 0.3 is 6.61 Å². The quantitative estimate of drug-likeness (QED) is 0.214. The van der Waals surface area contributed by atoms with E-state index in [4.69, 9.17) is 4.74 Å². The molecule has 3 aliphatic heterocycles. The Morgan fingerprint density at radius 3 is 2.76 bits per heavy atom. The number of hydrazine groups is 1. The van der Waals surface area contributed by atoms with Crippen molar-refractivity contribution < 1.29 is 27.9 Å². The number of aromatic nitrogens is 3. The third-order valence-electron chi connectivity index (χ3n) is 9.37. The standard InChI is InChI=1S/C33H41F2N9O4S/c1-22-18-40(12-13-41(22)14-15-45)19-23-6-10-42(11-7-23)29(46)21-43-20-27(38-32(47)26-17-37-44-9-3-8-36-31(26)44)30(39-43)25-16-24(49-2)4-5-28(25)48-33(34)35/h3-5,8-9,15-17,20,22-23,30,33,39H,6-7,10-14,18-19,21H2,1-2H3,(H,38,47). The van der Waals surface area contributed by atoms with E-state index in [1.165, 1.54) is 28.5 Å². The third kappa shape index (κ3) is 8.20. The Kier molecular flexibility index (Phi) is 11.1. The molecule has 0 saturated carbocycles. The van der Waals surface area contributed by atoms with Crippen LogP contribution in [0.2, 0.25) is 0 Å². The summed E-state index contributed by atoms with van der Waals surface area (Å²) in [5, 5.41) is 8.68. The van der Waals surface area contributed by atoms with Gasteiger partial charge in [-0.25, -0.2) is 14.9 Å². The van der Waals surface area contributed by atoms with Crippen LogP contribution in [0.3, 0.4) is 0 Å². The number of benzene rings is 1. The van der Waals surface area contributed by atoms with E-state index in [1.54, 1.807) is 41.8 Å². The maximum atomic E-state index is 13.5. The number of amides is 2. The van der Waals surface area contributed by atoms with Crippen LogP contribution >= 0.6 is 11.8 Å². The lowest BCUT2D eigenvalue weighted by Crippen LogP contribution is -2.54. The van der Waals surface area contributed by atoms with Crippen molar-refractivity contribution in [1.29, 1.82) is 0 Å². The molecule has 2 atom stereocenters. The molecule has 6 rings (SSSR count). The second-order valence-electron chi connectivity index (χ2n) is 12.6. The summed E-state index contributed by atoms with van der Waals surface area (Å²) in [5.41, 5.74) is 4.57. The number of hydrogen-bond acceptors (Lipinski definition) is 11. The molecule has 2 saturated heterocycles. The van der Waals surface area contributed by atoms with Crippen LogP contribution in [0.1, 0.15) is 41.7 Å². The van der Waals surface area contributed by atoms with E-state index in [2.05, 4.69) is 37.5 Å². The largest absolute Gasteiger partial charge is 0.434 e. The number of hydrogen-bond donors (Lipinski definition) is 2. The maximum absolute atomic E-state index is 13.5. The van der Waals surface area contributed by atoms with Gasteiger partial charge in [-0.1, -0.05) is 0 Å². The molecule has 0 bridgehead atoms. The zero-order chi connectivity index (χ0) is 34.5. The van der Waals surface area contributed by atoms with Crippen LogP contribution in [0.25, 0.3) is 5.65 Å². The number of nitrogens with one attached hydrogen (secondary N) is 2. The fourth-order valence-corrected chi connectivity index (χ4v) is 7.24. The number of fused-ring (bicyclic) bond motifs is 1. The first-order chi connectivity index (χ1) is 23.7. The summed E-state index contributed by atoms with van der Waals surface area (Å²) in [6.07, 6.45) is 10.9. The van der Waals surface area contributed by atoms with Gasteiger partial charge in [-0.2, -0.15) is 13.9 Å². The normalized spacial score (nSPS) is 21.0. The van der Waals surface area contributed by atoms with E-state index in [0.717, 1.165) is 50.2 Å². The van der Waals surface area contributed by atoms with Gasteiger partial charge < -0.3 is 29.7 Å². The lowest BCUT2D eigenvalue weighted by molar-refractivity contribution is -0.133. The zero-order valence-corrected chi connectivity index (χ0v) is 28.3. The highest BCUT2D eigenvalue weighted by atomic mass is 32.2. The number of piperidine rings is 1. The Morgan fingerprint density at radius 2 is 2.02 bits per heavy atom. The van der Waals surface area contributed by atoms with Crippen molar-refractivity contribution in [2.75, 3.05) is 58.6 Å². The molecule has 2 aromatic heterocycles. The molecule has 262 valence electrons. The van der Waals surface area contributed by atoms with Crippen molar-refractivity contribution >= 4 is 35.5 Å². The van der Waals surface area contributed by atoms with Crippen LogP contribution in [0.15, 0.2) is 59.6 Å². The van der Waals surface area contributed by atoms with Crippen molar-refractivity contribution in [3.8, 4) is 5.75 Å². The lowest BCUT2D eigenvalue weighted by Gasteiger charge is -2.41. The predicted molar refractivity (Wildman–Crippen MR) is 179 cm³/mol. The minimum Gasteiger partial charge on any atom is -0.434 e. The van der Waals surface area contributed by atoms with E-state index in [-0.39, 0.29) is 23.8 Å². The number of ether oxygens (including phenoxy) is 1. The molecule has 16 heteroatoms. The number of thioether (sulfide) groups is 1. The molecule has 13 nitrogen and oxygen atoms in total. The highest BCUT2D eigenvalue weighted by molar-refractivity contribution is 7.98. The predicted octanol–water partition coefficient (Wildman–Crippen LogP) is 2.63. The summed E-state index contributed by atoms with van der Waals surface area (Å²) in [7, 11) is 0. The molecule has 49 heavy (non-hydrogen) atoms. The van der Waals surface area contributed by atoms with Gasteiger partial charge in [-0.15, -0.1) is 11.8 Å². The van der Waals surface area contributed by atoms with Crippen LogP contribution in [0.4, 0.5) is 8.78 Å². The van der Waals surface area contributed by atoms with Gasteiger partial charge in [-0.3, -0.25) is 14.5 Å². The third-order valence-corrected chi connectivity index (χ3v) is 10.1. The molecule has 2 unspecified atom stereocenters. The van der Waals surface area contributed by atoms with Crippen LogP contribution < -0.4 is 15.5 Å². The van der Waals surface area contributed by atoms with E-state index < -0.39 is 18.6 Å². The molecule has 0 aliphatic carbocycles. The second kappa shape index (κ2) is 15.6. The van der Waals surface area contributed by atoms with Crippen LogP contribution in [0.5, 0.6) is 5.75 Å². The monoisotopic (exact) mass is 697 g/mol. The SMILES string of the molecule is CSc1ccc(OC(F)F)c(C2NN(CC(=O)N3CCC(CN4CCN(CC=O)C(C)C4)CC3)C=C2NC(=O)c2cnn3cccnc23)c1. The number of aldehydes is 1. The van der Waals surface area contributed by atoms with E-state index >= 15 is 0 Å². The molecule has 3 aliphatic rings. The molecule has 2 N–H and O–H groups in total. The van der Waals surface area contributed by atoms with Crippen LogP contribution in [-0.2, 0) is 9.59 Å². The first kappa shape index (κ1) is 34.7. The van der Waals surface area contributed by atoms with Gasteiger partial charge in [0.2, 0.25) is 5.91 Å². The highest BCUT2D eigenvalue weighted by Gasteiger charge is 2.34. The van der Waals surface area contributed by atoms with Crippen molar-refractivity contribution in [3.05, 3.63) is 65.9 Å². The number of likely N-dealkylation sites (tertiary alicyclic amines) is 1. The zero-order valence-electron chi connectivity index (χ0n) is 27.5. The lowest BCUT2D eigenvalue weighted by atomic mass is 9.95. The first-order valence-corrected chi connectivity index (χ1v) is 17.6. The van der Waals surface area contributed by atoms with Crippen molar-refractivity contribution in [1.82, 2.24) is 45.0 Å². The Morgan fingerprint density at radius 1 is 1.20 bits per heavy atom. The van der Waals surface area contributed by atoms with Crippen molar-refractivity contribution in [2.45, 2.75) is 43.4 Å². The van der Waals surface area contributed by atoms with Gasteiger partial charge in [0.25, 0.3) is 5.91 Å². The average molecular weight is 698 g/mol. The number of alkyl halides is 2. The number of carbonyl (C=O) groups is 3. The van der Waals surface area contributed by atoms with Crippen molar-refractivity contribution in [3.63, 3.8) is 0 Å². The van der Waals surface area contributed by atoms with E-state index in [9.17, 15) is 23.2 Å². The number of piperazine rings is 1. The molecule has 2 fully saturated rings. The number of halogens is 2. The Hall–Kier alpha value is -4.12. The van der Waals surface area contributed by atoms with Gasteiger partial charge in [0.1, 0.15) is 24.1 Å². The number of rotatable bonds is 12. The molecule has 0 spiro atoms. The van der Waals surface area contributed by atoms with Crippen molar-refractivity contribution in [2.24, 2.45) is 5.92 Å². The number of carbonyl (C=O) groups excluding carboxylic acids is 3. The van der Waals surface area contributed by atoms with E-state index in [1.807, 2.05) is 11.2 Å². The topological polar surface area (TPSA) is 128 Å². The van der Waals surface area contributed by atoms with Gasteiger partial charge in [0, 0.05) is 74.4 Å². The van der Waals surface area contributed by atoms with Gasteiger partial charge in [0.15, 0.2) is 5.65 Å². The second-order valence-corrected chi connectivity index (χ2v) is 13.4. The summed E-state index contributed by atoms with van der Waals surface area (Å²) in [6, 6.07) is 6.13. The molecular formula is C33H41F2N9O4S. The number of nitrogens with zero attached hydrogens (tertiary/aromatic N) is 7. The van der Waals surface area contributed by atoms with Crippen LogP contribution in [0, 0.1) is 5.92 Å². The summed E-state index contributed by atoms with van der Waals surface area (Å²) >= 11 is 1.44. The Balaban J connectivity index is 1.13. The van der Waals surface area contributed by atoms with E-state index in [0.29, 0.717) is 48.5 Å². The van der Waals surface area contributed by atoms with Crippen LogP contribution in [-0.4, -0.2) is 124 Å². The molecule has 2 amide bonds. The summed E-state index contributed by atoms with van der Waals surface area (Å²) in [5.74, 6) is -0.133. The molecule has 3 aromatic rings. The smallest absolute Gasteiger partial charge is 0.387 e. The minimum absolute atomic E-state index is 0.0255. The maximum Gasteiger partial charge on any atom is 0.387 e. The van der Waals surface area contributed by atoms with Gasteiger partial charge in [0.05, 0.1) is 24.5 Å². The fraction of sp³-hybridized carbons (Fsp3) is 0.485. The molecule has 5 heterocycles. The minimum atomic E-state index is -3.05. The highest BCUT2D eigenvalue weighted by Crippen LogP contribution is 2.36. The molecule has 0 radical (unpaired) electrons. The summed E-state index contributed by atoms with van der Waals surface area (Å²) < 4.78 is 33.3.